The van der Waals surface area contributed by atoms with Crippen molar-refractivity contribution in [1.29, 1.82) is 0 Å². The van der Waals surface area contributed by atoms with E-state index in [1.54, 1.807) is 0 Å². The molecule has 0 aromatic heterocycles. The van der Waals surface area contributed by atoms with Crippen LogP contribution in [0.5, 0.6) is 0 Å². The smallest absolute Gasteiger partial charge is 0.0642 e. The van der Waals surface area contributed by atoms with Crippen molar-refractivity contribution in [3.8, 4) is 0 Å². The highest BCUT2D eigenvalue weighted by molar-refractivity contribution is 5.50. The number of aryl methyl sites for hydroxylation is 1. The highest BCUT2D eigenvalue weighted by Crippen LogP contribution is 2.12. The largest absolute Gasteiger partial charge is 0.383 e. The predicted molar refractivity (Wildman–Crippen MR) is 83.8 cm³/mol. The Balaban J connectivity index is 2.05. The summed E-state index contributed by atoms with van der Waals surface area (Å²) in [4.78, 5) is 0. The Kier molecular flexibility index (Phi) is 8.31. The molecule has 19 heavy (non-hydrogen) atoms. The first kappa shape index (κ1) is 16.0. The van der Waals surface area contributed by atoms with Gasteiger partial charge in [-0.05, 0) is 31.9 Å². The fourth-order valence-corrected chi connectivity index (χ4v) is 2.16. The van der Waals surface area contributed by atoms with Crippen molar-refractivity contribution >= 4 is 5.69 Å². The van der Waals surface area contributed by atoms with E-state index in [4.69, 9.17) is 4.74 Å². The molecule has 1 unspecified atom stereocenters. The lowest BCUT2D eigenvalue weighted by Gasteiger charge is -2.14. The average Bonchev–Trinajstić information content (AvgIpc) is 2.41. The molecule has 1 rings (SSSR count). The second-order valence-electron chi connectivity index (χ2n) is 5.27. The standard InChI is InChI=1S/C17H29NO/c1-4-5-6-7-11-16(3)19-14-13-18-17-12-9-8-10-15(17)2/h8-10,12,16,18H,4-7,11,13-14H2,1-3H3. The van der Waals surface area contributed by atoms with Crippen molar-refractivity contribution in [2.24, 2.45) is 0 Å². The van der Waals surface area contributed by atoms with Gasteiger partial charge in [0.05, 0.1) is 12.7 Å². The van der Waals surface area contributed by atoms with Gasteiger partial charge in [0.2, 0.25) is 0 Å². The number of anilines is 1. The Morgan fingerprint density at radius 2 is 1.95 bits per heavy atom. The summed E-state index contributed by atoms with van der Waals surface area (Å²) < 4.78 is 5.82. The van der Waals surface area contributed by atoms with Crippen LogP contribution in [0.4, 0.5) is 5.69 Å². The summed E-state index contributed by atoms with van der Waals surface area (Å²) in [6.07, 6.45) is 6.85. The van der Waals surface area contributed by atoms with Crippen LogP contribution in [-0.2, 0) is 4.74 Å². The molecule has 1 N–H and O–H groups in total. The number of benzene rings is 1. The van der Waals surface area contributed by atoms with Crippen molar-refractivity contribution in [2.45, 2.75) is 59.0 Å². The van der Waals surface area contributed by atoms with Gasteiger partial charge in [-0.3, -0.25) is 0 Å². The van der Waals surface area contributed by atoms with Gasteiger partial charge in [-0.15, -0.1) is 0 Å². The molecule has 0 aliphatic rings. The second kappa shape index (κ2) is 9.85. The van der Waals surface area contributed by atoms with E-state index in [2.05, 4.69) is 50.4 Å². The first-order valence-electron chi connectivity index (χ1n) is 7.65. The second-order valence-corrected chi connectivity index (χ2v) is 5.27. The topological polar surface area (TPSA) is 21.3 Å². The lowest BCUT2D eigenvalue weighted by atomic mass is 10.1. The minimum Gasteiger partial charge on any atom is -0.383 e. The van der Waals surface area contributed by atoms with Crippen LogP contribution in [-0.4, -0.2) is 19.3 Å². The Labute approximate surface area is 118 Å². The van der Waals surface area contributed by atoms with Gasteiger partial charge in [-0.1, -0.05) is 50.8 Å². The van der Waals surface area contributed by atoms with Crippen LogP contribution in [0, 0.1) is 6.92 Å². The summed E-state index contributed by atoms with van der Waals surface area (Å²) in [5.41, 5.74) is 2.50. The summed E-state index contributed by atoms with van der Waals surface area (Å²) in [5.74, 6) is 0. The molecule has 0 saturated carbocycles. The molecule has 1 aromatic carbocycles. The number of ether oxygens (including phenoxy) is 1. The van der Waals surface area contributed by atoms with E-state index in [9.17, 15) is 0 Å². The fourth-order valence-electron chi connectivity index (χ4n) is 2.16. The quantitative estimate of drug-likeness (QED) is 0.613. The van der Waals surface area contributed by atoms with E-state index < -0.39 is 0 Å². The molecule has 0 fully saturated rings. The van der Waals surface area contributed by atoms with Crippen molar-refractivity contribution < 1.29 is 4.74 Å². The van der Waals surface area contributed by atoms with Gasteiger partial charge in [-0.2, -0.15) is 0 Å². The zero-order chi connectivity index (χ0) is 13.9. The molecule has 0 radical (unpaired) electrons. The summed E-state index contributed by atoms with van der Waals surface area (Å²) in [6, 6.07) is 8.37. The van der Waals surface area contributed by atoms with Crippen molar-refractivity contribution in [3.05, 3.63) is 29.8 Å². The molecule has 108 valence electrons. The molecule has 2 nitrogen and oxygen atoms in total. The van der Waals surface area contributed by atoms with Crippen LogP contribution in [0.25, 0.3) is 0 Å². The van der Waals surface area contributed by atoms with E-state index in [1.807, 2.05) is 0 Å². The molecule has 1 atom stereocenters. The molecule has 0 spiro atoms. The molecular formula is C17H29NO. The number of hydrogen-bond donors (Lipinski definition) is 1. The zero-order valence-corrected chi connectivity index (χ0v) is 12.7. The molecular weight excluding hydrogens is 234 g/mol. The summed E-state index contributed by atoms with van der Waals surface area (Å²) in [7, 11) is 0. The fraction of sp³-hybridized carbons (Fsp3) is 0.647. The number of unbranched alkanes of at least 4 members (excludes halogenated alkanes) is 3. The molecule has 0 saturated heterocycles. The van der Waals surface area contributed by atoms with Crippen LogP contribution in [0.15, 0.2) is 24.3 Å². The van der Waals surface area contributed by atoms with E-state index in [0.717, 1.165) is 13.2 Å². The van der Waals surface area contributed by atoms with Gasteiger partial charge < -0.3 is 10.1 Å². The molecule has 0 heterocycles. The third-order valence-corrected chi connectivity index (χ3v) is 3.43. The molecule has 0 bridgehead atoms. The van der Waals surface area contributed by atoms with Crippen molar-refractivity contribution in [2.75, 3.05) is 18.5 Å². The molecule has 2 heteroatoms. The summed E-state index contributed by atoms with van der Waals surface area (Å²) in [6.45, 7) is 8.21. The third kappa shape index (κ3) is 7.22. The number of rotatable bonds is 10. The number of para-hydroxylation sites is 1. The average molecular weight is 263 g/mol. The minimum absolute atomic E-state index is 0.385. The van der Waals surface area contributed by atoms with E-state index in [-0.39, 0.29) is 0 Å². The van der Waals surface area contributed by atoms with Gasteiger partial charge in [0.15, 0.2) is 0 Å². The van der Waals surface area contributed by atoms with Crippen LogP contribution >= 0.6 is 0 Å². The maximum atomic E-state index is 5.82. The van der Waals surface area contributed by atoms with Gasteiger partial charge >= 0.3 is 0 Å². The maximum Gasteiger partial charge on any atom is 0.0642 e. The van der Waals surface area contributed by atoms with E-state index in [0.29, 0.717) is 6.10 Å². The predicted octanol–water partition coefficient (Wildman–Crippen LogP) is 4.78. The highest BCUT2D eigenvalue weighted by Gasteiger charge is 2.02. The Morgan fingerprint density at radius 3 is 2.68 bits per heavy atom. The van der Waals surface area contributed by atoms with Crippen LogP contribution < -0.4 is 5.32 Å². The van der Waals surface area contributed by atoms with Gasteiger partial charge in [0.1, 0.15) is 0 Å². The molecule has 1 aromatic rings. The first-order valence-corrected chi connectivity index (χ1v) is 7.65. The minimum atomic E-state index is 0.385. The zero-order valence-electron chi connectivity index (χ0n) is 12.7. The van der Waals surface area contributed by atoms with Crippen LogP contribution in [0.2, 0.25) is 0 Å². The van der Waals surface area contributed by atoms with Crippen LogP contribution in [0.3, 0.4) is 0 Å². The van der Waals surface area contributed by atoms with Gasteiger partial charge in [0, 0.05) is 12.2 Å². The Hall–Kier alpha value is -1.02. The van der Waals surface area contributed by atoms with Crippen molar-refractivity contribution in [1.82, 2.24) is 0 Å². The summed E-state index contributed by atoms with van der Waals surface area (Å²) >= 11 is 0. The number of nitrogens with one attached hydrogen (secondary N) is 1. The maximum absolute atomic E-state index is 5.82. The van der Waals surface area contributed by atoms with Crippen molar-refractivity contribution in [3.63, 3.8) is 0 Å². The normalized spacial score (nSPS) is 12.4. The molecule has 0 aliphatic heterocycles. The highest BCUT2D eigenvalue weighted by atomic mass is 16.5. The van der Waals surface area contributed by atoms with Gasteiger partial charge in [0.25, 0.3) is 0 Å². The lowest BCUT2D eigenvalue weighted by Crippen LogP contribution is -2.15. The summed E-state index contributed by atoms with van der Waals surface area (Å²) in [5, 5.41) is 3.42. The first-order chi connectivity index (χ1) is 9.24. The molecule has 0 aliphatic carbocycles. The monoisotopic (exact) mass is 263 g/mol. The Bertz CT molecular complexity index is 338. The lowest BCUT2D eigenvalue weighted by molar-refractivity contribution is 0.0658. The Morgan fingerprint density at radius 1 is 1.16 bits per heavy atom. The SMILES string of the molecule is CCCCCCC(C)OCCNc1ccccc1C. The van der Waals surface area contributed by atoms with E-state index >= 15 is 0 Å². The molecule has 0 amide bonds. The third-order valence-electron chi connectivity index (χ3n) is 3.43. The van der Waals surface area contributed by atoms with E-state index in [1.165, 1.54) is 43.4 Å². The van der Waals surface area contributed by atoms with Crippen LogP contribution in [0.1, 0.15) is 51.5 Å². The number of hydrogen-bond acceptors (Lipinski definition) is 2. The van der Waals surface area contributed by atoms with Gasteiger partial charge in [-0.25, -0.2) is 0 Å².